The van der Waals surface area contributed by atoms with E-state index in [-0.39, 0.29) is 11.9 Å². The van der Waals surface area contributed by atoms with Crippen LogP contribution in [0, 0.1) is 0 Å². The van der Waals surface area contributed by atoms with Gasteiger partial charge < -0.3 is 10.6 Å². The highest BCUT2D eigenvalue weighted by atomic mass is 79.9. The van der Waals surface area contributed by atoms with Crippen molar-refractivity contribution in [3.63, 3.8) is 0 Å². The summed E-state index contributed by atoms with van der Waals surface area (Å²) in [5.41, 5.74) is 0.865. The van der Waals surface area contributed by atoms with E-state index in [1.807, 2.05) is 19.1 Å². The van der Waals surface area contributed by atoms with Gasteiger partial charge in [-0.15, -0.1) is 0 Å². The normalized spacial score (nSPS) is 12.0. The summed E-state index contributed by atoms with van der Waals surface area (Å²) in [4.78, 5) is 11.8. The third-order valence-corrected chi connectivity index (χ3v) is 3.74. The average Bonchev–Trinajstić information content (AvgIpc) is 2.34. The molecule has 0 saturated heterocycles. The van der Waals surface area contributed by atoms with E-state index in [1.54, 1.807) is 6.07 Å². The van der Waals surface area contributed by atoms with Crippen molar-refractivity contribution in [3.8, 4) is 0 Å². The molecule has 0 heterocycles. The summed E-state index contributed by atoms with van der Waals surface area (Å²) in [5.74, 6) is 0.00882. The lowest BCUT2D eigenvalue weighted by Gasteiger charge is -2.15. The number of nitrogens with one attached hydrogen (secondary N) is 2. The van der Waals surface area contributed by atoms with Crippen LogP contribution >= 0.6 is 27.5 Å². The van der Waals surface area contributed by atoms with Gasteiger partial charge in [0.15, 0.2) is 0 Å². The lowest BCUT2D eigenvalue weighted by molar-refractivity contribution is -0.121. The predicted octanol–water partition coefficient (Wildman–Crippen LogP) is 3.82. The molecular weight excluding hydrogens is 316 g/mol. The SMILES string of the molecule is CCCCNC(=O)C(C)Nc1ccc(Cl)c(Br)c1. The van der Waals surface area contributed by atoms with Crippen molar-refractivity contribution in [2.24, 2.45) is 0 Å². The molecular formula is C13H18BrClN2O. The minimum atomic E-state index is -0.269. The molecule has 5 heteroatoms. The van der Waals surface area contributed by atoms with E-state index in [0.717, 1.165) is 29.5 Å². The predicted molar refractivity (Wildman–Crippen MR) is 80.2 cm³/mol. The van der Waals surface area contributed by atoms with E-state index in [9.17, 15) is 4.79 Å². The van der Waals surface area contributed by atoms with Crippen molar-refractivity contribution < 1.29 is 4.79 Å². The largest absolute Gasteiger partial charge is 0.374 e. The maximum absolute atomic E-state index is 11.8. The summed E-state index contributed by atoms with van der Waals surface area (Å²) < 4.78 is 0.813. The Hall–Kier alpha value is -0.740. The number of anilines is 1. The zero-order valence-electron chi connectivity index (χ0n) is 10.6. The van der Waals surface area contributed by atoms with Gasteiger partial charge in [-0.05, 0) is 47.5 Å². The number of rotatable bonds is 6. The summed E-state index contributed by atoms with van der Waals surface area (Å²) in [5, 5.41) is 6.68. The highest BCUT2D eigenvalue weighted by Crippen LogP contribution is 2.25. The molecule has 0 saturated carbocycles. The van der Waals surface area contributed by atoms with Gasteiger partial charge in [-0.3, -0.25) is 4.79 Å². The van der Waals surface area contributed by atoms with Crippen LogP contribution in [0.25, 0.3) is 0 Å². The van der Waals surface area contributed by atoms with Gasteiger partial charge in [0.2, 0.25) is 5.91 Å². The van der Waals surface area contributed by atoms with Gasteiger partial charge in [-0.1, -0.05) is 24.9 Å². The third kappa shape index (κ3) is 4.86. The monoisotopic (exact) mass is 332 g/mol. The zero-order chi connectivity index (χ0) is 13.5. The van der Waals surface area contributed by atoms with Crippen LogP contribution in [-0.2, 0) is 4.79 Å². The first-order chi connectivity index (χ1) is 8.54. The van der Waals surface area contributed by atoms with Crippen molar-refractivity contribution in [2.75, 3.05) is 11.9 Å². The molecule has 0 aliphatic carbocycles. The number of halogens is 2. The second-order valence-corrected chi connectivity index (χ2v) is 5.40. The number of carbonyl (C=O) groups excluding carboxylic acids is 1. The first-order valence-electron chi connectivity index (χ1n) is 6.04. The number of hydrogen-bond acceptors (Lipinski definition) is 2. The topological polar surface area (TPSA) is 41.1 Å². The summed E-state index contributed by atoms with van der Waals surface area (Å²) in [7, 11) is 0. The van der Waals surface area contributed by atoms with Crippen molar-refractivity contribution in [2.45, 2.75) is 32.7 Å². The minimum absolute atomic E-state index is 0.00882. The zero-order valence-corrected chi connectivity index (χ0v) is 12.9. The number of benzene rings is 1. The summed E-state index contributed by atoms with van der Waals surface area (Å²) in [6, 6.07) is 5.23. The van der Waals surface area contributed by atoms with E-state index in [4.69, 9.17) is 11.6 Å². The first kappa shape index (κ1) is 15.3. The quantitative estimate of drug-likeness (QED) is 0.777. The molecule has 0 fully saturated rings. The highest BCUT2D eigenvalue weighted by molar-refractivity contribution is 9.10. The van der Waals surface area contributed by atoms with Crippen LogP contribution in [0.5, 0.6) is 0 Å². The molecule has 1 aromatic carbocycles. The fraction of sp³-hybridized carbons (Fsp3) is 0.462. The Labute approximate surface area is 121 Å². The summed E-state index contributed by atoms with van der Waals surface area (Å²) >= 11 is 9.26. The van der Waals surface area contributed by atoms with Gasteiger partial charge in [0, 0.05) is 16.7 Å². The molecule has 0 aliphatic rings. The Morgan fingerprint density at radius 1 is 1.50 bits per heavy atom. The molecule has 1 unspecified atom stereocenters. The first-order valence-corrected chi connectivity index (χ1v) is 7.21. The number of unbranched alkanes of at least 4 members (excludes halogenated alkanes) is 1. The van der Waals surface area contributed by atoms with Crippen molar-refractivity contribution in [1.29, 1.82) is 0 Å². The maximum Gasteiger partial charge on any atom is 0.242 e. The smallest absolute Gasteiger partial charge is 0.242 e. The van der Waals surface area contributed by atoms with Crippen LogP contribution in [0.15, 0.2) is 22.7 Å². The van der Waals surface area contributed by atoms with E-state index >= 15 is 0 Å². The van der Waals surface area contributed by atoms with Gasteiger partial charge in [0.1, 0.15) is 6.04 Å². The summed E-state index contributed by atoms with van der Waals surface area (Å²) in [6.45, 7) is 4.66. The highest BCUT2D eigenvalue weighted by Gasteiger charge is 2.12. The minimum Gasteiger partial charge on any atom is -0.374 e. The Morgan fingerprint density at radius 2 is 2.22 bits per heavy atom. The third-order valence-electron chi connectivity index (χ3n) is 2.53. The van der Waals surface area contributed by atoms with E-state index in [2.05, 4.69) is 33.5 Å². The molecule has 1 amide bonds. The molecule has 1 atom stereocenters. The van der Waals surface area contributed by atoms with Crippen LogP contribution in [0.2, 0.25) is 5.02 Å². The number of carbonyl (C=O) groups is 1. The second kappa shape index (κ2) is 7.64. The molecule has 18 heavy (non-hydrogen) atoms. The molecule has 100 valence electrons. The fourth-order valence-electron chi connectivity index (χ4n) is 1.44. The van der Waals surface area contributed by atoms with Gasteiger partial charge in [-0.2, -0.15) is 0 Å². The molecule has 0 radical (unpaired) electrons. The Kier molecular flexibility index (Phi) is 6.50. The summed E-state index contributed by atoms with van der Waals surface area (Å²) in [6.07, 6.45) is 2.08. The van der Waals surface area contributed by atoms with Crippen LogP contribution in [0.4, 0.5) is 5.69 Å². The Morgan fingerprint density at radius 3 is 2.83 bits per heavy atom. The lowest BCUT2D eigenvalue weighted by Crippen LogP contribution is -2.37. The molecule has 1 aromatic rings. The van der Waals surface area contributed by atoms with Crippen molar-refractivity contribution in [1.82, 2.24) is 5.32 Å². The van der Waals surface area contributed by atoms with Gasteiger partial charge in [0.25, 0.3) is 0 Å². The average molecular weight is 334 g/mol. The van der Waals surface area contributed by atoms with Crippen LogP contribution in [0.1, 0.15) is 26.7 Å². The number of hydrogen-bond donors (Lipinski definition) is 2. The van der Waals surface area contributed by atoms with Crippen LogP contribution in [0.3, 0.4) is 0 Å². The van der Waals surface area contributed by atoms with Gasteiger partial charge in [-0.25, -0.2) is 0 Å². The molecule has 0 aliphatic heterocycles. The number of amides is 1. The molecule has 0 bridgehead atoms. The van der Waals surface area contributed by atoms with Crippen molar-refractivity contribution in [3.05, 3.63) is 27.7 Å². The molecule has 1 rings (SSSR count). The van der Waals surface area contributed by atoms with Crippen LogP contribution < -0.4 is 10.6 Å². The fourth-order valence-corrected chi connectivity index (χ4v) is 1.94. The molecule has 3 nitrogen and oxygen atoms in total. The second-order valence-electron chi connectivity index (χ2n) is 4.14. The molecule has 0 aromatic heterocycles. The van der Waals surface area contributed by atoms with E-state index in [0.29, 0.717) is 5.02 Å². The molecule has 0 spiro atoms. The maximum atomic E-state index is 11.8. The Balaban J connectivity index is 2.50. The standard InChI is InChI=1S/C13H18BrClN2O/c1-3-4-7-16-13(18)9(2)17-10-5-6-12(15)11(14)8-10/h5-6,8-9,17H,3-4,7H2,1-2H3,(H,16,18). The van der Waals surface area contributed by atoms with Gasteiger partial charge >= 0.3 is 0 Å². The molecule has 2 N–H and O–H groups in total. The van der Waals surface area contributed by atoms with Crippen LogP contribution in [-0.4, -0.2) is 18.5 Å². The van der Waals surface area contributed by atoms with E-state index < -0.39 is 0 Å². The Bertz CT molecular complexity index is 412. The lowest BCUT2D eigenvalue weighted by atomic mass is 10.2. The van der Waals surface area contributed by atoms with Crippen molar-refractivity contribution >= 4 is 39.1 Å². The van der Waals surface area contributed by atoms with E-state index in [1.165, 1.54) is 0 Å². The van der Waals surface area contributed by atoms with Gasteiger partial charge in [0.05, 0.1) is 5.02 Å².